The van der Waals surface area contributed by atoms with Gasteiger partial charge in [0, 0.05) is 6.42 Å². The number of hydrogen-bond acceptors (Lipinski definition) is 3. The van der Waals surface area contributed by atoms with Crippen LogP contribution in [0.5, 0.6) is 0 Å². The molecule has 0 N–H and O–H groups in total. The van der Waals surface area contributed by atoms with Gasteiger partial charge in [-0.05, 0) is 43.3 Å². The summed E-state index contributed by atoms with van der Waals surface area (Å²) in [7, 11) is 0. The first-order valence-corrected chi connectivity index (χ1v) is 7.20. The Hall–Kier alpha value is -0.440. The summed E-state index contributed by atoms with van der Waals surface area (Å²) >= 11 is 1.92. The lowest BCUT2D eigenvalue weighted by Gasteiger charge is -2.04. The molecule has 0 aromatic rings. The van der Waals surface area contributed by atoms with E-state index in [2.05, 4.69) is 19.9 Å². The van der Waals surface area contributed by atoms with E-state index in [1.165, 1.54) is 4.91 Å². The number of esters is 1. The number of thioether (sulfide) groups is 1. The summed E-state index contributed by atoms with van der Waals surface area (Å²) < 4.78 is 4.87. The molecule has 0 aromatic heterocycles. The molecule has 0 spiro atoms. The molecule has 94 valence electrons. The highest BCUT2D eigenvalue weighted by molar-refractivity contribution is 8.03. The Labute approximate surface area is 104 Å². The van der Waals surface area contributed by atoms with Gasteiger partial charge in [-0.15, -0.1) is 11.8 Å². The van der Waals surface area contributed by atoms with Gasteiger partial charge >= 0.3 is 5.97 Å². The molecule has 0 aliphatic carbocycles. The van der Waals surface area contributed by atoms with Gasteiger partial charge in [0.2, 0.25) is 0 Å². The SMILES string of the molecule is CC/C=C(\CC)SCCCCC(=O)OCC. The third kappa shape index (κ3) is 8.84. The van der Waals surface area contributed by atoms with Crippen molar-refractivity contribution < 1.29 is 9.53 Å². The number of carbonyl (C=O) groups excluding carboxylic acids is 1. The molecule has 0 unspecified atom stereocenters. The van der Waals surface area contributed by atoms with Crippen molar-refractivity contribution in [3.63, 3.8) is 0 Å². The van der Waals surface area contributed by atoms with Crippen LogP contribution in [0.25, 0.3) is 0 Å². The molecular weight excluding hydrogens is 220 g/mol. The van der Waals surface area contributed by atoms with Crippen molar-refractivity contribution in [3.8, 4) is 0 Å². The first kappa shape index (κ1) is 15.6. The molecule has 0 saturated heterocycles. The van der Waals surface area contributed by atoms with Gasteiger partial charge in [-0.1, -0.05) is 19.9 Å². The predicted molar refractivity (Wildman–Crippen MR) is 71.6 cm³/mol. The zero-order valence-corrected chi connectivity index (χ0v) is 11.6. The lowest BCUT2D eigenvalue weighted by molar-refractivity contribution is -0.143. The summed E-state index contributed by atoms with van der Waals surface area (Å²) in [6.45, 7) is 6.69. The molecule has 0 saturated carbocycles. The highest BCUT2D eigenvalue weighted by atomic mass is 32.2. The number of unbranched alkanes of at least 4 members (excludes halogenated alkanes) is 1. The van der Waals surface area contributed by atoms with Gasteiger partial charge in [-0.3, -0.25) is 4.79 Å². The van der Waals surface area contributed by atoms with Crippen molar-refractivity contribution in [2.45, 2.75) is 52.9 Å². The summed E-state index contributed by atoms with van der Waals surface area (Å²) in [5, 5.41) is 0. The van der Waals surface area contributed by atoms with E-state index in [1.807, 2.05) is 18.7 Å². The van der Waals surface area contributed by atoms with Crippen LogP contribution in [0.3, 0.4) is 0 Å². The third-order valence-electron chi connectivity index (χ3n) is 2.15. The number of allylic oxidation sites excluding steroid dienone is 2. The average molecular weight is 244 g/mol. The molecule has 0 rings (SSSR count). The predicted octanol–water partition coefficient (Wildman–Crippen LogP) is 4.16. The minimum Gasteiger partial charge on any atom is -0.466 e. The molecule has 0 bridgehead atoms. The van der Waals surface area contributed by atoms with Crippen LogP contribution in [0.15, 0.2) is 11.0 Å². The molecule has 3 heteroatoms. The summed E-state index contributed by atoms with van der Waals surface area (Å²) in [6.07, 6.45) is 7.11. The van der Waals surface area contributed by atoms with Gasteiger partial charge in [0.15, 0.2) is 0 Å². The van der Waals surface area contributed by atoms with E-state index in [-0.39, 0.29) is 5.97 Å². The maximum Gasteiger partial charge on any atom is 0.305 e. The zero-order chi connectivity index (χ0) is 12.2. The fourth-order valence-electron chi connectivity index (χ4n) is 1.34. The van der Waals surface area contributed by atoms with Crippen molar-refractivity contribution in [3.05, 3.63) is 11.0 Å². The fourth-order valence-corrected chi connectivity index (χ4v) is 2.44. The van der Waals surface area contributed by atoms with Crippen molar-refractivity contribution in [2.75, 3.05) is 12.4 Å². The largest absolute Gasteiger partial charge is 0.466 e. The van der Waals surface area contributed by atoms with E-state index >= 15 is 0 Å². The second-order valence-electron chi connectivity index (χ2n) is 3.54. The van der Waals surface area contributed by atoms with E-state index in [1.54, 1.807) is 0 Å². The van der Waals surface area contributed by atoms with Gasteiger partial charge in [0.1, 0.15) is 0 Å². The number of rotatable bonds is 9. The Kier molecular flexibility index (Phi) is 10.8. The fraction of sp³-hybridized carbons (Fsp3) is 0.769. The number of ether oxygens (including phenoxy) is 1. The minimum atomic E-state index is -0.0627. The average Bonchev–Trinajstić information content (AvgIpc) is 2.27. The van der Waals surface area contributed by atoms with Gasteiger partial charge in [0.05, 0.1) is 6.61 Å². The van der Waals surface area contributed by atoms with E-state index in [0.717, 1.165) is 31.4 Å². The topological polar surface area (TPSA) is 26.3 Å². The highest BCUT2D eigenvalue weighted by Crippen LogP contribution is 2.21. The highest BCUT2D eigenvalue weighted by Gasteiger charge is 2.01. The van der Waals surface area contributed by atoms with Gasteiger partial charge in [-0.25, -0.2) is 0 Å². The Bertz CT molecular complexity index is 212. The Morgan fingerprint density at radius 2 is 2.00 bits per heavy atom. The Balaban J connectivity index is 3.45. The van der Waals surface area contributed by atoms with Gasteiger partial charge < -0.3 is 4.74 Å². The Morgan fingerprint density at radius 1 is 1.25 bits per heavy atom. The van der Waals surface area contributed by atoms with Crippen LogP contribution in [-0.4, -0.2) is 18.3 Å². The third-order valence-corrected chi connectivity index (χ3v) is 3.47. The van der Waals surface area contributed by atoms with Crippen LogP contribution in [0.4, 0.5) is 0 Å². The van der Waals surface area contributed by atoms with Crippen molar-refractivity contribution in [2.24, 2.45) is 0 Å². The second-order valence-corrected chi connectivity index (χ2v) is 4.76. The first-order valence-electron chi connectivity index (χ1n) is 6.22. The molecule has 0 atom stereocenters. The lowest BCUT2D eigenvalue weighted by atomic mass is 10.2. The molecule has 0 amide bonds. The Morgan fingerprint density at radius 3 is 2.56 bits per heavy atom. The summed E-state index contributed by atoms with van der Waals surface area (Å²) in [5.74, 6) is 1.05. The first-order chi connectivity index (χ1) is 7.74. The molecule has 0 radical (unpaired) electrons. The summed E-state index contributed by atoms with van der Waals surface area (Å²) in [4.78, 5) is 12.5. The lowest BCUT2D eigenvalue weighted by Crippen LogP contribution is -2.03. The van der Waals surface area contributed by atoms with E-state index < -0.39 is 0 Å². The smallest absolute Gasteiger partial charge is 0.305 e. The molecule has 0 heterocycles. The zero-order valence-electron chi connectivity index (χ0n) is 10.8. The minimum absolute atomic E-state index is 0.0627. The standard InChI is InChI=1S/C13H24O2S/c1-4-9-12(5-2)16-11-8-7-10-13(14)15-6-3/h9H,4-8,10-11H2,1-3H3/b12-9+. The molecule has 0 fully saturated rings. The van der Waals surface area contributed by atoms with Crippen molar-refractivity contribution in [1.82, 2.24) is 0 Å². The van der Waals surface area contributed by atoms with Gasteiger partial charge in [0.25, 0.3) is 0 Å². The van der Waals surface area contributed by atoms with Gasteiger partial charge in [-0.2, -0.15) is 0 Å². The quantitative estimate of drug-likeness (QED) is 0.450. The molecule has 0 aliphatic heterocycles. The van der Waals surface area contributed by atoms with Crippen molar-refractivity contribution in [1.29, 1.82) is 0 Å². The van der Waals surface area contributed by atoms with E-state index in [4.69, 9.17) is 4.74 Å². The van der Waals surface area contributed by atoms with Crippen LogP contribution < -0.4 is 0 Å². The number of carbonyl (C=O) groups is 1. The maximum absolute atomic E-state index is 11.1. The van der Waals surface area contributed by atoms with Crippen LogP contribution >= 0.6 is 11.8 Å². The molecule has 2 nitrogen and oxygen atoms in total. The van der Waals surface area contributed by atoms with E-state index in [0.29, 0.717) is 13.0 Å². The molecule has 0 aliphatic rings. The molecule has 16 heavy (non-hydrogen) atoms. The second kappa shape index (κ2) is 11.1. The van der Waals surface area contributed by atoms with Crippen LogP contribution in [0.2, 0.25) is 0 Å². The van der Waals surface area contributed by atoms with E-state index in [9.17, 15) is 4.79 Å². The summed E-state index contributed by atoms with van der Waals surface area (Å²) in [5.41, 5.74) is 0. The van der Waals surface area contributed by atoms with Crippen LogP contribution in [0, 0.1) is 0 Å². The van der Waals surface area contributed by atoms with Crippen LogP contribution in [0.1, 0.15) is 52.9 Å². The monoisotopic (exact) mass is 244 g/mol. The maximum atomic E-state index is 11.1. The van der Waals surface area contributed by atoms with Crippen molar-refractivity contribution >= 4 is 17.7 Å². The molecular formula is C13H24O2S. The number of hydrogen-bond donors (Lipinski definition) is 0. The van der Waals surface area contributed by atoms with Crippen LogP contribution in [-0.2, 0) is 9.53 Å². The summed E-state index contributed by atoms with van der Waals surface area (Å²) in [6, 6.07) is 0. The molecule has 0 aromatic carbocycles. The normalized spacial score (nSPS) is 11.6.